The molecule has 0 unspecified atom stereocenters. The molecule has 31 heavy (non-hydrogen) atoms. The second kappa shape index (κ2) is 8.43. The molecule has 7 heteroatoms. The number of benzene rings is 1. The van der Waals surface area contributed by atoms with Crippen molar-refractivity contribution in [2.45, 2.75) is 75.2 Å². The van der Waals surface area contributed by atoms with Gasteiger partial charge in [0.1, 0.15) is 18.5 Å². The zero-order valence-electron chi connectivity index (χ0n) is 18.2. The lowest BCUT2D eigenvalue weighted by molar-refractivity contribution is -0.144. The Morgan fingerprint density at radius 2 is 1.94 bits per heavy atom. The first-order valence-electron chi connectivity index (χ1n) is 11.6. The average molecular weight is 429 g/mol. The van der Waals surface area contributed by atoms with Crippen LogP contribution >= 0.6 is 0 Å². The van der Waals surface area contributed by atoms with Gasteiger partial charge in [-0.05, 0) is 56.6 Å². The van der Waals surface area contributed by atoms with Gasteiger partial charge in [0.15, 0.2) is 0 Å². The molecule has 0 radical (unpaired) electrons. The van der Waals surface area contributed by atoms with Crippen LogP contribution in [0.5, 0.6) is 5.75 Å². The zero-order valence-corrected chi connectivity index (χ0v) is 18.2. The van der Waals surface area contributed by atoms with Gasteiger partial charge in [-0.3, -0.25) is 9.59 Å². The fourth-order valence-electron chi connectivity index (χ4n) is 5.79. The highest BCUT2D eigenvalue weighted by Crippen LogP contribution is 2.40. The maximum atomic E-state index is 13.3. The number of nitrogens with one attached hydrogen (secondary N) is 1. The summed E-state index contributed by atoms with van der Waals surface area (Å²) in [5.41, 5.74) is 0.688. The predicted molar refractivity (Wildman–Crippen MR) is 114 cm³/mol. The predicted octanol–water partition coefficient (Wildman–Crippen LogP) is 2.39. The van der Waals surface area contributed by atoms with Crippen LogP contribution in [0.25, 0.3) is 0 Å². The summed E-state index contributed by atoms with van der Waals surface area (Å²) >= 11 is 0. The van der Waals surface area contributed by atoms with Gasteiger partial charge < -0.3 is 24.4 Å². The molecule has 5 aliphatic rings. The van der Waals surface area contributed by atoms with E-state index in [1.165, 1.54) is 5.56 Å². The minimum Gasteiger partial charge on any atom is -0.490 e. The van der Waals surface area contributed by atoms with Crippen molar-refractivity contribution in [3.05, 3.63) is 29.8 Å². The Bertz CT molecular complexity index is 837. The van der Waals surface area contributed by atoms with Crippen LogP contribution in [0.15, 0.2) is 24.3 Å². The molecule has 3 atom stereocenters. The number of rotatable bonds is 0. The van der Waals surface area contributed by atoms with Crippen LogP contribution in [0.2, 0.25) is 0 Å². The molecule has 7 nitrogen and oxygen atoms in total. The number of para-hydroxylation sites is 1. The minimum absolute atomic E-state index is 0.0393. The second-order valence-corrected chi connectivity index (χ2v) is 9.53. The summed E-state index contributed by atoms with van der Waals surface area (Å²) in [6.07, 6.45) is 5.04. The van der Waals surface area contributed by atoms with E-state index in [0.29, 0.717) is 38.5 Å². The first-order valence-corrected chi connectivity index (χ1v) is 11.6. The number of hydrogen-bond acceptors (Lipinski definition) is 5. The third-order valence-electron chi connectivity index (χ3n) is 7.43. The van der Waals surface area contributed by atoms with Crippen molar-refractivity contribution in [3.63, 3.8) is 0 Å². The van der Waals surface area contributed by atoms with Gasteiger partial charge in [-0.25, -0.2) is 0 Å². The molecule has 168 valence electrons. The number of morpholine rings is 1. The van der Waals surface area contributed by atoms with Gasteiger partial charge in [-0.1, -0.05) is 18.2 Å². The van der Waals surface area contributed by atoms with Crippen LogP contribution in [0, 0.1) is 0 Å². The molecule has 4 aliphatic heterocycles. The Hall–Kier alpha value is -2.12. The maximum absolute atomic E-state index is 13.3. The number of carbonyl (C=O) groups excluding carboxylic acids is 2. The fourth-order valence-corrected chi connectivity index (χ4v) is 5.79. The lowest BCUT2D eigenvalue weighted by atomic mass is 9.82. The average Bonchev–Trinajstić information content (AvgIpc) is 3.09. The van der Waals surface area contributed by atoms with E-state index in [-0.39, 0.29) is 36.7 Å². The Balaban J connectivity index is 1.43. The highest BCUT2D eigenvalue weighted by molar-refractivity contribution is 5.81. The van der Waals surface area contributed by atoms with E-state index >= 15 is 0 Å². The van der Waals surface area contributed by atoms with Crippen LogP contribution < -0.4 is 10.1 Å². The van der Waals surface area contributed by atoms with Crippen molar-refractivity contribution in [2.75, 3.05) is 26.4 Å². The number of nitrogens with zero attached hydrogens (tertiary/aromatic N) is 1. The number of fused-ring (bicyclic) bond motifs is 6. The van der Waals surface area contributed by atoms with Crippen molar-refractivity contribution in [3.8, 4) is 5.75 Å². The summed E-state index contributed by atoms with van der Waals surface area (Å²) in [5, 5.41) is 3.14. The van der Waals surface area contributed by atoms with Gasteiger partial charge in [0.25, 0.3) is 0 Å². The number of carbonyl (C=O) groups is 2. The SMILES string of the molecule is C[C@H]1CC(=O)N2CC[C@@]3(COCC(=O)N3)[C@@H]2COC2CCC(CC2)c2ccccc2O1. The normalized spacial score (nSPS) is 36.4. The van der Waals surface area contributed by atoms with Crippen molar-refractivity contribution < 1.29 is 23.8 Å². The molecule has 1 N–H and O–H groups in total. The lowest BCUT2D eigenvalue weighted by Crippen LogP contribution is -2.65. The Kier molecular flexibility index (Phi) is 5.65. The van der Waals surface area contributed by atoms with E-state index in [1.54, 1.807) is 0 Å². The van der Waals surface area contributed by atoms with E-state index in [2.05, 4.69) is 17.4 Å². The number of ether oxygens (including phenoxy) is 3. The molecule has 1 saturated carbocycles. The molecule has 1 aromatic rings. The summed E-state index contributed by atoms with van der Waals surface area (Å²) in [5.74, 6) is 1.28. The van der Waals surface area contributed by atoms with E-state index in [0.717, 1.165) is 31.4 Å². The van der Waals surface area contributed by atoms with E-state index in [1.807, 2.05) is 24.0 Å². The van der Waals surface area contributed by atoms with Gasteiger partial charge in [-0.2, -0.15) is 0 Å². The zero-order chi connectivity index (χ0) is 21.4. The van der Waals surface area contributed by atoms with Gasteiger partial charge in [0, 0.05) is 6.54 Å². The molecule has 1 spiro atoms. The highest BCUT2D eigenvalue weighted by atomic mass is 16.5. The van der Waals surface area contributed by atoms with Gasteiger partial charge in [0.2, 0.25) is 11.8 Å². The summed E-state index contributed by atoms with van der Waals surface area (Å²) < 4.78 is 18.3. The summed E-state index contributed by atoms with van der Waals surface area (Å²) in [4.78, 5) is 27.3. The Morgan fingerprint density at radius 3 is 2.74 bits per heavy atom. The van der Waals surface area contributed by atoms with Crippen LogP contribution in [0.1, 0.15) is 56.9 Å². The Morgan fingerprint density at radius 1 is 1.13 bits per heavy atom. The van der Waals surface area contributed by atoms with Gasteiger partial charge in [-0.15, -0.1) is 0 Å². The molecule has 1 aromatic carbocycles. The van der Waals surface area contributed by atoms with Crippen molar-refractivity contribution >= 4 is 11.8 Å². The molecule has 2 saturated heterocycles. The monoisotopic (exact) mass is 428 g/mol. The smallest absolute Gasteiger partial charge is 0.246 e. The molecule has 6 rings (SSSR count). The van der Waals surface area contributed by atoms with Crippen LogP contribution in [0.3, 0.4) is 0 Å². The summed E-state index contributed by atoms with van der Waals surface area (Å²) in [6, 6.07) is 8.03. The van der Waals surface area contributed by atoms with E-state index in [4.69, 9.17) is 14.2 Å². The van der Waals surface area contributed by atoms with Crippen molar-refractivity contribution in [1.29, 1.82) is 0 Å². The maximum Gasteiger partial charge on any atom is 0.246 e. The third-order valence-corrected chi connectivity index (χ3v) is 7.43. The Labute approximate surface area is 183 Å². The standard InChI is InChI=1S/C24H32N2O5/c1-16-12-23(28)26-11-10-24(15-29-14-22(27)25-24)21(26)13-30-18-8-6-17(7-9-18)19-4-2-3-5-20(19)31-16/h2-5,16-18,21H,6-15H2,1H3,(H,25,27)/t16-,17?,18?,21-,24+/m0/s1. The van der Waals surface area contributed by atoms with E-state index < -0.39 is 5.54 Å². The first-order chi connectivity index (χ1) is 15.0. The third kappa shape index (κ3) is 4.05. The molecular formula is C24H32N2O5. The van der Waals surface area contributed by atoms with Crippen LogP contribution in [-0.4, -0.2) is 66.9 Å². The first kappa shape index (κ1) is 20.8. The topological polar surface area (TPSA) is 77.1 Å². The van der Waals surface area contributed by atoms with Crippen LogP contribution in [0.4, 0.5) is 0 Å². The fraction of sp³-hybridized carbons (Fsp3) is 0.667. The summed E-state index contributed by atoms with van der Waals surface area (Å²) in [7, 11) is 0. The molecule has 4 heterocycles. The molecular weight excluding hydrogens is 396 g/mol. The molecule has 2 amide bonds. The van der Waals surface area contributed by atoms with Crippen molar-refractivity contribution in [2.24, 2.45) is 0 Å². The number of hydrogen-bond donors (Lipinski definition) is 1. The van der Waals surface area contributed by atoms with E-state index in [9.17, 15) is 9.59 Å². The lowest BCUT2D eigenvalue weighted by Gasteiger charge is -2.42. The van der Waals surface area contributed by atoms with Crippen molar-refractivity contribution in [1.82, 2.24) is 10.2 Å². The molecule has 0 aromatic heterocycles. The number of amides is 2. The highest BCUT2D eigenvalue weighted by Gasteiger charge is 2.52. The van der Waals surface area contributed by atoms with Gasteiger partial charge >= 0.3 is 0 Å². The van der Waals surface area contributed by atoms with Gasteiger partial charge in [0.05, 0.1) is 37.3 Å². The molecule has 1 aliphatic carbocycles. The minimum atomic E-state index is -0.560. The van der Waals surface area contributed by atoms with Crippen LogP contribution in [-0.2, 0) is 19.1 Å². The quantitative estimate of drug-likeness (QED) is 0.687. The second-order valence-electron chi connectivity index (χ2n) is 9.53. The molecule has 3 fully saturated rings. The summed E-state index contributed by atoms with van der Waals surface area (Å²) in [6.45, 7) is 3.48. The molecule has 2 bridgehead atoms. The largest absolute Gasteiger partial charge is 0.490 e.